The van der Waals surface area contributed by atoms with Crippen molar-refractivity contribution in [3.63, 3.8) is 0 Å². The van der Waals surface area contributed by atoms with E-state index in [-0.39, 0.29) is 0 Å². The maximum atomic E-state index is 4.05. The zero-order chi connectivity index (χ0) is 6.69. The molecule has 1 heterocycles. The van der Waals surface area contributed by atoms with Gasteiger partial charge in [-0.3, -0.25) is 0 Å². The maximum Gasteiger partial charge on any atom is 0.0905 e. The monoisotopic (exact) mass is 124 g/mol. The van der Waals surface area contributed by atoms with E-state index in [1.165, 1.54) is 5.57 Å². The van der Waals surface area contributed by atoms with Crippen LogP contribution in [0.3, 0.4) is 0 Å². The molecule has 9 heavy (non-hydrogen) atoms. The minimum Gasteiger partial charge on any atom is -0.362 e. The number of nitrogens with zero attached hydrogens (tertiary/aromatic N) is 2. The molecule has 1 rings (SSSR count). The van der Waals surface area contributed by atoms with Crippen molar-refractivity contribution in [1.82, 2.24) is 4.90 Å². The van der Waals surface area contributed by atoms with Crippen LogP contribution in [0.4, 0.5) is 0 Å². The SMILES string of the molecule is CCC1=CN=CN(C)C1. The second-order valence-corrected chi connectivity index (χ2v) is 2.32. The summed E-state index contributed by atoms with van der Waals surface area (Å²) in [4.78, 5) is 6.13. The molecule has 0 aliphatic carbocycles. The van der Waals surface area contributed by atoms with Gasteiger partial charge in [-0.15, -0.1) is 0 Å². The van der Waals surface area contributed by atoms with Crippen molar-refractivity contribution in [1.29, 1.82) is 0 Å². The molecule has 0 aromatic rings. The van der Waals surface area contributed by atoms with Crippen LogP contribution in [-0.2, 0) is 0 Å². The van der Waals surface area contributed by atoms with E-state index < -0.39 is 0 Å². The van der Waals surface area contributed by atoms with Crippen LogP contribution in [-0.4, -0.2) is 24.8 Å². The molecule has 0 saturated carbocycles. The molecule has 1 aliphatic rings. The van der Waals surface area contributed by atoms with Crippen molar-refractivity contribution >= 4 is 6.34 Å². The number of likely N-dealkylation sites (N-methyl/N-ethyl adjacent to an activating group) is 1. The van der Waals surface area contributed by atoms with E-state index >= 15 is 0 Å². The predicted molar refractivity (Wildman–Crippen MR) is 39.5 cm³/mol. The normalized spacial score (nSPS) is 18.0. The standard InChI is InChI=1S/C7H12N2/c1-3-7-4-8-6-9(2)5-7/h4,6H,3,5H2,1-2H3. The lowest BCUT2D eigenvalue weighted by Gasteiger charge is -2.17. The van der Waals surface area contributed by atoms with E-state index in [1.807, 2.05) is 19.6 Å². The molecular formula is C7H12N2. The van der Waals surface area contributed by atoms with E-state index in [4.69, 9.17) is 0 Å². The number of hydrogen-bond donors (Lipinski definition) is 0. The molecule has 0 aromatic heterocycles. The largest absolute Gasteiger partial charge is 0.362 e. The quantitative estimate of drug-likeness (QED) is 0.513. The van der Waals surface area contributed by atoms with E-state index in [1.54, 1.807) is 0 Å². The lowest BCUT2D eigenvalue weighted by Crippen LogP contribution is -2.21. The first kappa shape index (κ1) is 6.33. The molecule has 0 atom stereocenters. The first-order valence-electron chi connectivity index (χ1n) is 3.24. The van der Waals surface area contributed by atoms with Gasteiger partial charge in [-0.2, -0.15) is 0 Å². The molecule has 2 nitrogen and oxygen atoms in total. The first-order valence-corrected chi connectivity index (χ1v) is 3.24. The van der Waals surface area contributed by atoms with Gasteiger partial charge in [0.25, 0.3) is 0 Å². The highest BCUT2D eigenvalue weighted by atomic mass is 15.1. The Morgan fingerprint density at radius 2 is 2.56 bits per heavy atom. The molecule has 0 bridgehead atoms. The summed E-state index contributed by atoms with van der Waals surface area (Å²) < 4.78 is 0. The fourth-order valence-electron chi connectivity index (χ4n) is 0.858. The van der Waals surface area contributed by atoms with Crippen molar-refractivity contribution in [2.45, 2.75) is 13.3 Å². The molecule has 50 valence electrons. The molecule has 0 spiro atoms. The number of hydrogen-bond acceptors (Lipinski definition) is 2. The summed E-state index contributed by atoms with van der Waals surface area (Å²) in [6.07, 6.45) is 4.90. The Morgan fingerprint density at radius 3 is 3.00 bits per heavy atom. The Morgan fingerprint density at radius 1 is 1.78 bits per heavy atom. The average molecular weight is 124 g/mol. The fraction of sp³-hybridized carbons (Fsp3) is 0.571. The van der Waals surface area contributed by atoms with Crippen molar-refractivity contribution in [3.05, 3.63) is 11.8 Å². The molecule has 1 aliphatic heterocycles. The van der Waals surface area contributed by atoms with Gasteiger partial charge in [0.2, 0.25) is 0 Å². The van der Waals surface area contributed by atoms with Gasteiger partial charge in [0, 0.05) is 19.8 Å². The Hall–Kier alpha value is -0.790. The first-order chi connectivity index (χ1) is 4.33. The summed E-state index contributed by atoms with van der Waals surface area (Å²) in [5.41, 5.74) is 1.40. The van der Waals surface area contributed by atoms with Crippen molar-refractivity contribution in [3.8, 4) is 0 Å². The lowest BCUT2D eigenvalue weighted by molar-refractivity contribution is 0.548. The van der Waals surface area contributed by atoms with E-state index in [2.05, 4.69) is 16.8 Å². The Kier molecular flexibility index (Phi) is 1.88. The average Bonchev–Trinajstić information content (AvgIpc) is 1.88. The topological polar surface area (TPSA) is 15.6 Å². The Bertz CT molecular complexity index is 147. The third-order valence-electron chi connectivity index (χ3n) is 1.43. The summed E-state index contributed by atoms with van der Waals surface area (Å²) >= 11 is 0. The van der Waals surface area contributed by atoms with Crippen LogP contribution in [0.2, 0.25) is 0 Å². The van der Waals surface area contributed by atoms with Crippen molar-refractivity contribution in [2.75, 3.05) is 13.6 Å². The molecular weight excluding hydrogens is 112 g/mol. The molecule has 0 saturated heterocycles. The predicted octanol–water partition coefficient (Wildman–Crippen LogP) is 1.25. The summed E-state index contributed by atoms with van der Waals surface area (Å²) in [7, 11) is 2.03. The molecule has 0 radical (unpaired) electrons. The minimum atomic E-state index is 1.04. The van der Waals surface area contributed by atoms with Gasteiger partial charge in [-0.1, -0.05) is 6.92 Å². The molecule has 0 amide bonds. The maximum absolute atomic E-state index is 4.05. The molecule has 2 heteroatoms. The van der Waals surface area contributed by atoms with E-state index in [0.717, 1.165) is 13.0 Å². The smallest absolute Gasteiger partial charge is 0.0905 e. The van der Waals surface area contributed by atoms with Gasteiger partial charge in [0.05, 0.1) is 6.34 Å². The van der Waals surface area contributed by atoms with Crippen LogP contribution < -0.4 is 0 Å². The zero-order valence-corrected chi connectivity index (χ0v) is 5.96. The molecule has 0 fully saturated rings. The van der Waals surface area contributed by atoms with Gasteiger partial charge in [0.15, 0.2) is 0 Å². The van der Waals surface area contributed by atoms with Gasteiger partial charge >= 0.3 is 0 Å². The van der Waals surface area contributed by atoms with E-state index in [0.29, 0.717) is 0 Å². The van der Waals surface area contributed by atoms with E-state index in [9.17, 15) is 0 Å². The van der Waals surface area contributed by atoms with Crippen LogP contribution in [0.15, 0.2) is 16.8 Å². The Labute approximate surface area is 55.9 Å². The number of aliphatic imine (C=N–C) groups is 1. The third-order valence-corrected chi connectivity index (χ3v) is 1.43. The van der Waals surface area contributed by atoms with Crippen molar-refractivity contribution < 1.29 is 0 Å². The second kappa shape index (κ2) is 2.67. The zero-order valence-electron chi connectivity index (χ0n) is 5.96. The molecule has 0 unspecified atom stereocenters. The van der Waals surface area contributed by atoms with Gasteiger partial charge in [-0.25, -0.2) is 4.99 Å². The minimum absolute atomic E-state index is 1.04. The fourth-order valence-corrected chi connectivity index (χ4v) is 0.858. The molecule has 0 aromatic carbocycles. The van der Waals surface area contributed by atoms with Gasteiger partial charge in [0.1, 0.15) is 0 Å². The number of rotatable bonds is 1. The lowest BCUT2D eigenvalue weighted by atomic mass is 10.2. The second-order valence-electron chi connectivity index (χ2n) is 2.32. The summed E-state index contributed by atoms with van der Waals surface area (Å²) in [6.45, 7) is 3.19. The highest BCUT2D eigenvalue weighted by Crippen LogP contribution is 2.04. The van der Waals surface area contributed by atoms with Crippen molar-refractivity contribution in [2.24, 2.45) is 4.99 Å². The highest BCUT2D eigenvalue weighted by molar-refractivity contribution is 5.57. The molecule has 0 N–H and O–H groups in total. The summed E-state index contributed by atoms with van der Waals surface area (Å²) in [6, 6.07) is 0. The van der Waals surface area contributed by atoms with Gasteiger partial charge in [-0.05, 0) is 12.0 Å². The Balaban J connectivity index is 2.55. The van der Waals surface area contributed by atoms with Crippen LogP contribution in [0.5, 0.6) is 0 Å². The highest BCUT2D eigenvalue weighted by Gasteiger charge is 1.99. The van der Waals surface area contributed by atoms with Crippen LogP contribution in [0.1, 0.15) is 13.3 Å². The summed E-state index contributed by atoms with van der Waals surface area (Å²) in [5, 5.41) is 0. The van der Waals surface area contributed by atoms with Crippen LogP contribution >= 0.6 is 0 Å². The summed E-state index contributed by atoms with van der Waals surface area (Å²) in [5.74, 6) is 0. The van der Waals surface area contributed by atoms with Crippen LogP contribution in [0.25, 0.3) is 0 Å². The van der Waals surface area contributed by atoms with Gasteiger partial charge < -0.3 is 4.90 Å². The van der Waals surface area contributed by atoms with Crippen LogP contribution in [0, 0.1) is 0 Å². The third kappa shape index (κ3) is 1.56.